The lowest BCUT2D eigenvalue weighted by atomic mass is 10.1. The average Bonchev–Trinajstić information content (AvgIpc) is 2.68. The number of hydrogen-bond donors (Lipinski definition) is 0. The van der Waals surface area contributed by atoms with Crippen LogP contribution >= 0.6 is 0 Å². The molecule has 1 aromatic carbocycles. The molecule has 0 radical (unpaired) electrons. The maximum atomic E-state index is 5.86. The van der Waals surface area contributed by atoms with Crippen LogP contribution < -0.4 is 9.47 Å². The first-order chi connectivity index (χ1) is 12.9. The van der Waals surface area contributed by atoms with E-state index >= 15 is 0 Å². The Labute approximate surface area is 154 Å². The van der Waals surface area contributed by atoms with Gasteiger partial charge in [0.15, 0.2) is 11.5 Å². The fourth-order valence-electron chi connectivity index (χ4n) is 2.67. The lowest BCUT2D eigenvalue weighted by Crippen LogP contribution is -2.32. The highest BCUT2D eigenvalue weighted by Crippen LogP contribution is 2.26. The first kappa shape index (κ1) is 18.9. The molecule has 2 aliphatic rings. The molecule has 0 bridgehead atoms. The molecule has 0 saturated carbocycles. The number of fused-ring (bicyclic) bond motifs is 2. The van der Waals surface area contributed by atoms with E-state index in [0.717, 1.165) is 0 Å². The molecule has 26 heavy (non-hydrogen) atoms. The maximum Gasteiger partial charge on any atom is 0.161 e. The summed E-state index contributed by atoms with van der Waals surface area (Å²) in [6.45, 7) is 3.89. The van der Waals surface area contributed by atoms with Crippen LogP contribution in [0.1, 0.15) is 0 Å². The number of rotatable bonds is 0. The van der Waals surface area contributed by atoms with Crippen molar-refractivity contribution in [1.82, 2.24) is 0 Å². The Kier molecular flexibility index (Phi) is 7.99. The third-order valence-corrected chi connectivity index (χ3v) is 3.93. The first-order valence-corrected chi connectivity index (χ1v) is 9.02. The molecule has 3 rings (SSSR count). The van der Waals surface area contributed by atoms with Crippen LogP contribution in [0.4, 0.5) is 0 Å². The molecular formula is C20H26O6. The maximum absolute atomic E-state index is 5.86. The molecule has 0 amide bonds. The average molecular weight is 362 g/mol. The summed E-state index contributed by atoms with van der Waals surface area (Å²) in [4.78, 5) is 0. The summed E-state index contributed by atoms with van der Waals surface area (Å²) < 4.78 is 34.4. The van der Waals surface area contributed by atoms with Crippen LogP contribution in [0.25, 0.3) is 0 Å². The number of benzene rings is 1. The Balaban J connectivity index is 1.52. The van der Waals surface area contributed by atoms with Crippen molar-refractivity contribution in [2.45, 2.75) is 12.2 Å². The quantitative estimate of drug-likeness (QED) is 0.706. The second kappa shape index (κ2) is 11.0. The van der Waals surface area contributed by atoms with Crippen molar-refractivity contribution in [1.29, 1.82) is 0 Å². The van der Waals surface area contributed by atoms with E-state index in [0.29, 0.717) is 64.4 Å². The Morgan fingerprint density at radius 3 is 1.54 bits per heavy atom. The third kappa shape index (κ3) is 6.14. The Hall–Kier alpha value is -1.86. The monoisotopic (exact) mass is 362 g/mol. The largest absolute Gasteiger partial charge is 0.487 e. The molecular weight excluding hydrogens is 336 g/mol. The van der Waals surface area contributed by atoms with Crippen LogP contribution in [-0.4, -0.2) is 65.1 Å². The zero-order chi connectivity index (χ0) is 17.9. The van der Waals surface area contributed by atoms with E-state index in [2.05, 4.69) is 0 Å². The standard InChI is InChI=1S/C20H26O6/c1-2-6-18-17(5-1)23-13-9-21-11-15-25-19-7-3-4-8-20(19)26-16-12-22-10-14-24-18/h1-8,17-18H,9-16H2. The van der Waals surface area contributed by atoms with Gasteiger partial charge >= 0.3 is 0 Å². The van der Waals surface area contributed by atoms with Crippen molar-refractivity contribution >= 4 is 0 Å². The summed E-state index contributed by atoms with van der Waals surface area (Å²) in [6.07, 6.45) is 7.73. The SMILES string of the molecule is C1=CC2OCCOCCOc3ccccc3OCCOCCOC2C=C1. The molecule has 6 nitrogen and oxygen atoms in total. The van der Waals surface area contributed by atoms with Gasteiger partial charge in [0.05, 0.1) is 39.6 Å². The summed E-state index contributed by atoms with van der Waals surface area (Å²) in [7, 11) is 0. The Bertz CT molecular complexity index is 534. The van der Waals surface area contributed by atoms with E-state index in [9.17, 15) is 0 Å². The van der Waals surface area contributed by atoms with E-state index in [1.165, 1.54) is 0 Å². The highest BCUT2D eigenvalue weighted by molar-refractivity contribution is 5.39. The van der Waals surface area contributed by atoms with Gasteiger partial charge in [0.1, 0.15) is 25.4 Å². The van der Waals surface area contributed by atoms with Crippen LogP contribution in [0.2, 0.25) is 0 Å². The highest BCUT2D eigenvalue weighted by Gasteiger charge is 2.19. The van der Waals surface area contributed by atoms with E-state index in [4.69, 9.17) is 28.4 Å². The number of para-hydroxylation sites is 2. The van der Waals surface area contributed by atoms with E-state index in [1.807, 2.05) is 48.6 Å². The van der Waals surface area contributed by atoms with Gasteiger partial charge in [0.25, 0.3) is 0 Å². The highest BCUT2D eigenvalue weighted by atomic mass is 16.6. The minimum atomic E-state index is -0.103. The van der Waals surface area contributed by atoms with Gasteiger partial charge < -0.3 is 28.4 Å². The van der Waals surface area contributed by atoms with Gasteiger partial charge in [-0.25, -0.2) is 0 Å². The summed E-state index contributed by atoms with van der Waals surface area (Å²) in [6, 6.07) is 7.60. The van der Waals surface area contributed by atoms with Crippen molar-refractivity contribution in [3.63, 3.8) is 0 Å². The number of allylic oxidation sites excluding steroid dienone is 2. The smallest absolute Gasteiger partial charge is 0.161 e. The number of hydrogen-bond acceptors (Lipinski definition) is 6. The summed E-state index contributed by atoms with van der Waals surface area (Å²) >= 11 is 0. The Morgan fingerprint density at radius 1 is 0.577 bits per heavy atom. The van der Waals surface area contributed by atoms with Gasteiger partial charge in [0, 0.05) is 0 Å². The predicted molar refractivity (Wildman–Crippen MR) is 96.8 cm³/mol. The van der Waals surface area contributed by atoms with Gasteiger partial charge in [-0.15, -0.1) is 0 Å². The van der Waals surface area contributed by atoms with E-state index in [-0.39, 0.29) is 12.2 Å². The van der Waals surface area contributed by atoms with Gasteiger partial charge in [0.2, 0.25) is 0 Å². The molecule has 1 aromatic rings. The summed E-state index contributed by atoms with van der Waals surface area (Å²) in [5.41, 5.74) is 0. The molecule has 0 fully saturated rings. The molecule has 1 aliphatic heterocycles. The predicted octanol–water partition coefficient (Wildman–Crippen LogP) is 2.39. The minimum Gasteiger partial charge on any atom is -0.487 e. The van der Waals surface area contributed by atoms with Crippen molar-refractivity contribution in [3.05, 3.63) is 48.6 Å². The van der Waals surface area contributed by atoms with Crippen molar-refractivity contribution < 1.29 is 28.4 Å². The van der Waals surface area contributed by atoms with E-state index < -0.39 is 0 Å². The number of ether oxygens (including phenoxy) is 6. The molecule has 1 heterocycles. The molecule has 0 N–H and O–H groups in total. The molecule has 1 aliphatic carbocycles. The first-order valence-electron chi connectivity index (χ1n) is 9.02. The zero-order valence-electron chi connectivity index (χ0n) is 14.9. The van der Waals surface area contributed by atoms with Crippen molar-refractivity contribution in [2.24, 2.45) is 0 Å². The third-order valence-electron chi connectivity index (χ3n) is 3.93. The van der Waals surface area contributed by atoms with Crippen LogP contribution in [0.15, 0.2) is 48.6 Å². The van der Waals surface area contributed by atoms with Crippen molar-refractivity contribution in [2.75, 3.05) is 52.9 Å². The molecule has 0 aromatic heterocycles. The minimum absolute atomic E-state index is 0.103. The van der Waals surface area contributed by atoms with Crippen LogP contribution in [0.3, 0.4) is 0 Å². The lowest BCUT2D eigenvalue weighted by Gasteiger charge is -2.24. The van der Waals surface area contributed by atoms with Gasteiger partial charge in [-0.3, -0.25) is 0 Å². The molecule has 2 unspecified atom stereocenters. The molecule has 0 spiro atoms. The normalized spacial score (nSPS) is 25.7. The van der Waals surface area contributed by atoms with Gasteiger partial charge in [-0.05, 0) is 12.1 Å². The van der Waals surface area contributed by atoms with Gasteiger partial charge in [-0.2, -0.15) is 0 Å². The van der Waals surface area contributed by atoms with Crippen LogP contribution in [0, 0.1) is 0 Å². The molecule has 6 heteroatoms. The summed E-state index contributed by atoms with van der Waals surface area (Å²) in [5.74, 6) is 1.41. The second-order valence-electron chi connectivity index (χ2n) is 5.81. The van der Waals surface area contributed by atoms with E-state index in [1.54, 1.807) is 0 Å². The van der Waals surface area contributed by atoms with Gasteiger partial charge in [-0.1, -0.05) is 36.4 Å². The lowest BCUT2D eigenvalue weighted by molar-refractivity contribution is -0.0607. The second-order valence-corrected chi connectivity index (χ2v) is 5.81. The Morgan fingerprint density at radius 2 is 1.04 bits per heavy atom. The molecule has 0 saturated heterocycles. The summed E-state index contributed by atoms with van der Waals surface area (Å²) in [5, 5.41) is 0. The van der Waals surface area contributed by atoms with Crippen LogP contribution in [0.5, 0.6) is 11.5 Å². The topological polar surface area (TPSA) is 55.4 Å². The van der Waals surface area contributed by atoms with Crippen LogP contribution in [-0.2, 0) is 18.9 Å². The fraction of sp³-hybridized carbons (Fsp3) is 0.500. The fourth-order valence-corrected chi connectivity index (χ4v) is 2.67. The molecule has 2 atom stereocenters. The van der Waals surface area contributed by atoms with Crippen molar-refractivity contribution in [3.8, 4) is 11.5 Å². The zero-order valence-corrected chi connectivity index (χ0v) is 14.9. The molecule has 142 valence electrons.